The van der Waals surface area contributed by atoms with Crippen molar-refractivity contribution in [2.75, 3.05) is 0 Å². The molecule has 1 aromatic carbocycles. The van der Waals surface area contributed by atoms with Gasteiger partial charge in [-0.3, -0.25) is 4.79 Å². The second kappa shape index (κ2) is 5.44. The van der Waals surface area contributed by atoms with Crippen LogP contribution in [0.1, 0.15) is 29.7 Å². The third kappa shape index (κ3) is 2.81. The lowest BCUT2D eigenvalue weighted by atomic mass is 10.1. The number of benzene rings is 1. The highest BCUT2D eigenvalue weighted by atomic mass is 16.4. The van der Waals surface area contributed by atoms with Crippen LogP contribution in [0.4, 0.5) is 0 Å². The van der Waals surface area contributed by atoms with E-state index in [-0.39, 0.29) is 17.7 Å². The van der Waals surface area contributed by atoms with Crippen LogP contribution in [0.2, 0.25) is 0 Å². The van der Waals surface area contributed by atoms with Crippen LogP contribution in [-0.4, -0.2) is 17.0 Å². The molecule has 1 aliphatic carbocycles. The van der Waals surface area contributed by atoms with Crippen LogP contribution >= 0.6 is 0 Å². The molecule has 1 heterocycles. The van der Waals surface area contributed by atoms with E-state index in [1.54, 1.807) is 42.7 Å². The van der Waals surface area contributed by atoms with Crippen LogP contribution in [-0.2, 0) is 9.59 Å². The molecule has 21 heavy (non-hydrogen) atoms. The van der Waals surface area contributed by atoms with Crippen LogP contribution in [0.3, 0.4) is 0 Å². The Kier molecular flexibility index (Phi) is 3.48. The molecular weight excluding hydrogens is 270 g/mol. The minimum Gasteiger partial charge on any atom is -0.479 e. The first kappa shape index (κ1) is 13.4. The van der Waals surface area contributed by atoms with E-state index < -0.39 is 12.0 Å². The monoisotopic (exact) mass is 285 g/mol. The second-order valence-electron chi connectivity index (χ2n) is 5.15. The van der Waals surface area contributed by atoms with Gasteiger partial charge in [0.25, 0.3) is 0 Å². The Bertz CT molecular complexity index is 636. The lowest BCUT2D eigenvalue weighted by Crippen LogP contribution is -2.34. The molecular formula is C16H15NO4. The van der Waals surface area contributed by atoms with Gasteiger partial charge in [-0.1, -0.05) is 30.3 Å². The molecule has 0 bridgehead atoms. The maximum atomic E-state index is 12.2. The second-order valence-corrected chi connectivity index (χ2v) is 5.15. The Morgan fingerprint density at radius 1 is 1.19 bits per heavy atom. The van der Waals surface area contributed by atoms with Gasteiger partial charge in [-0.05, 0) is 24.1 Å². The number of aliphatic carboxylic acids is 1. The number of hydrogen-bond acceptors (Lipinski definition) is 3. The quantitative estimate of drug-likeness (QED) is 0.883. The van der Waals surface area contributed by atoms with Crippen LogP contribution in [0, 0.1) is 5.92 Å². The molecule has 1 aliphatic rings. The highest BCUT2D eigenvalue weighted by molar-refractivity contribution is 5.88. The lowest BCUT2D eigenvalue weighted by molar-refractivity contribution is -0.142. The average molecular weight is 285 g/mol. The number of carbonyl (C=O) groups excluding carboxylic acids is 1. The van der Waals surface area contributed by atoms with Crippen LogP contribution in [0.25, 0.3) is 0 Å². The number of hydrogen-bond donors (Lipinski definition) is 2. The van der Waals surface area contributed by atoms with E-state index in [0.29, 0.717) is 12.0 Å². The minimum absolute atomic E-state index is 0.0604. The average Bonchev–Trinajstić information content (AvgIpc) is 3.11. The molecule has 108 valence electrons. The third-order valence-electron chi connectivity index (χ3n) is 3.70. The van der Waals surface area contributed by atoms with Gasteiger partial charge in [0.05, 0.1) is 6.26 Å². The maximum Gasteiger partial charge on any atom is 0.330 e. The molecule has 0 radical (unpaired) electrons. The predicted molar refractivity (Wildman–Crippen MR) is 74.5 cm³/mol. The predicted octanol–water partition coefficient (Wildman–Crippen LogP) is 2.33. The lowest BCUT2D eigenvalue weighted by Gasteiger charge is -2.14. The summed E-state index contributed by atoms with van der Waals surface area (Å²) < 4.78 is 5.28. The maximum absolute atomic E-state index is 12.2. The van der Waals surface area contributed by atoms with Gasteiger partial charge in [0.2, 0.25) is 5.91 Å². The van der Waals surface area contributed by atoms with Gasteiger partial charge in [0, 0.05) is 11.8 Å². The summed E-state index contributed by atoms with van der Waals surface area (Å²) in [7, 11) is 0. The van der Waals surface area contributed by atoms with E-state index in [9.17, 15) is 14.7 Å². The van der Waals surface area contributed by atoms with E-state index in [4.69, 9.17) is 4.42 Å². The van der Waals surface area contributed by atoms with Crippen molar-refractivity contribution in [3.8, 4) is 0 Å². The summed E-state index contributed by atoms with van der Waals surface area (Å²) in [6, 6.07) is 11.3. The summed E-state index contributed by atoms with van der Waals surface area (Å²) in [4.78, 5) is 23.5. The zero-order valence-electron chi connectivity index (χ0n) is 11.2. The van der Waals surface area contributed by atoms with Crippen molar-refractivity contribution in [1.82, 2.24) is 5.32 Å². The van der Waals surface area contributed by atoms with Crippen LogP contribution in [0.15, 0.2) is 53.1 Å². The molecule has 0 saturated heterocycles. The Morgan fingerprint density at radius 3 is 2.57 bits per heavy atom. The molecule has 1 saturated carbocycles. The molecule has 5 nitrogen and oxygen atoms in total. The first-order valence-electron chi connectivity index (χ1n) is 6.78. The summed E-state index contributed by atoms with van der Waals surface area (Å²) >= 11 is 0. The van der Waals surface area contributed by atoms with Gasteiger partial charge in [-0.25, -0.2) is 4.79 Å². The van der Waals surface area contributed by atoms with Gasteiger partial charge < -0.3 is 14.8 Å². The van der Waals surface area contributed by atoms with Crippen molar-refractivity contribution in [3.63, 3.8) is 0 Å². The molecule has 0 aliphatic heterocycles. The van der Waals surface area contributed by atoms with E-state index >= 15 is 0 Å². The van der Waals surface area contributed by atoms with E-state index in [2.05, 4.69) is 5.32 Å². The van der Waals surface area contributed by atoms with Crippen LogP contribution in [0.5, 0.6) is 0 Å². The molecule has 1 fully saturated rings. The molecule has 3 unspecified atom stereocenters. The highest BCUT2D eigenvalue weighted by Crippen LogP contribution is 2.47. The van der Waals surface area contributed by atoms with Crippen molar-refractivity contribution in [3.05, 3.63) is 60.1 Å². The molecule has 1 aromatic heterocycles. The summed E-state index contributed by atoms with van der Waals surface area (Å²) in [5.74, 6) is -0.675. The number of carboxylic acid groups (broad SMARTS) is 1. The first-order valence-corrected chi connectivity index (χ1v) is 6.78. The number of amides is 1. The van der Waals surface area contributed by atoms with E-state index in [1.807, 2.05) is 6.07 Å². The minimum atomic E-state index is -1.07. The van der Waals surface area contributed by atoms with Gasteiger partial charge in [0.1, 0.15) is 5.76 Å². The number of carbonyl (C=O) groups is 2. The first-order chi connectivity index (χ1) is 10.2. The Labute approximate surface area is 121 Å². The largest absolute Gasteiger partial charge is 0.479 e. The summed E-state index contributed by atoms with van der Waals surface area (Å²) in [5, 5.41) is 11.9. The van der Waals surface area contributed by atoms with Crippen molar-refractivity contribution in [2.24, 2.45) is 5.92 Å². The zero-order chi connectivity index (χ0) is 14.8. The van der Waals surface area contributed by atoms with Gasteiger partial charge >= 0.3 is 5.97 Å². The SMILES string of the molecule is O=C(O)C(NC(=O)C1CC1c1ccco1)c1ccccc1. The van der Waals surface area contributed by atoms with Gasteiger partial charge in [0.15, 0.2) is 6.04 Å². The fourth-order valence-corrected chi connectivity index (χ4v) is 2.48. The molecule has 3 atom stereocenters. The summed E-state index contributed by atoms with van der Waals surface area (Å²) in [5.41, 5.74) is 0.563. The van der Waals surface area contributed by atoms with Crippen molar-refractivity contribution in [1.29, 1.82) is 0 Å². The molecule has 3 rings (SSSR count). The zero-order valence-corrected chi connectivity index (χ0v) is 11.2. The molecule has 5 heteroatoms. The Morgan fingerprint density at radius 2 is 1.95 bits per heavy atom. The standard InChI is InChI=1S/C16H15NO4/c18-15(12-9-11(12)13-7-4-8-21-13)17-14(16(19)20)10-5-2-1-3-6-10/h1-8,11-12,14H,9H2,(H,17,18)(H,19,20). The normalized spacial score (nSPS) is 21.5. The Hall–Kier alpha value is -2.56. The Balaban J connectivity index is 1.67. The topological polar surface area (TPSA) is 79.5 Å². The van der Waals surface area contributed by atoms with Crippen LogP contribution < -0.4 is 5.32 Å². The molecule has 0 spiro atoms. The summed E-state index contributed by atoms with van der Waals surface area (Å²) in [6.07, 6.45) is 2.27. The molecule has 2 aromatic rings. The fraction of sp³-hybridized carbons (Fsp3) is 0.250. The molecule has 2 N–H and O–H groups in total. The molecule has 1 amide bonds. The fourth-order valence-electron chi connectivity index (χ4n) is 2.48. The number of rotatable bonds is 5. The van der Waals surface area contributed by atoms with Crippen molar-refractivity contribution >= 4 is 11.9 Å². The summed E-state index contributed by atoms with van der Waals surface area (Å²) in [6.45, 7) is 0. The van der Waals surface area contributed by atoms with Crippen molar-refractivity contribution < 1.29 is 19.1 Å². The smallest absolute Gasteiger partial charge is 0.330 e. The highest BCUT2D eigenvalue weighted by Gasteiger charge is 2.46. The van der Waals surface area contributed by atoms with Gasteiger partial charge in [-0.15, -0.1) is 0 Å². The van der Waals surface area contributed by atoms with Gasteiger partial charge in [-0.2, -0.15) is 0 Å². The van der Waals surface area contributed by atoms with E-state index in [1.165, 1.54) is 0 Å². The number of furan rings is 1. The third-order valence-corrected chi connectivity index (χ3v) is 3.70. The number of carboxylic acids is 1. The number of nitrogens with one attached hydrogen (secondary N) is 1. The van der Waals surface area contributed by atoms with E-state index in [0.717, 1.165) is 5.76 Å². The van der Waals surface area contributed by atoms with Crippen molar-refractivity contribution in [2.45, 2.75) is 18.4 Å².